The molecule has 1 nitrogen and oxygen atoms in total. The molecule has 0 amide bonds. The Morgan fingerprint density at radius 3 is 3.00 bits per heavy atom. The lowest BCUT2D eigenvalue weighted by atomic mass is 10.2. The lowest BCUT2D eigenvalue weighted by Crippen LogP contribution is -2.14. The number of fused-ring (bicyclic) bond motifs is 1. The zero-order valence-electron chi connectivity index (χ0n) is 8.50. The largest absolute Gasteiger partial charge is 0.313 e. The monoisotopic (exact) mass is 239 g/mol. The number of thiophene rings is 1. The molecule has 0 unspecified atom stereocenters. The van der Waals surface area contributed by atoms with Crippen LogP contribution in [-0.4, -0.2) is 12.4 Å². The van der Waals surface area contributed by atoms with Crippen molar-refractivity contribution in [1.29, 1.82) is 0 Å². The molecule has 0 saturated carbocycles. The maximum atomic E-state index is 5.62. The Morgan fingerprint density at radius 1 is 1.27 bits per heavy atom. The fourth-order valence-corrected chi connectivity index (χ4v) is 2.68. The summed E-state index contributed by atoms with van der Waals surface area (Å²) in [5.41, 5.74) is 1.39. The highest BCUT2D eigenvalue weighted by Gasteiger charge is 2.01. The number of hydrogen-bond donors (Lipinski definition) is 1. The van der Waals surface area contributed by atoms with Crippen molar-refractivity contribution in [1.82, 2.24) is 5.32 Å². The summed E-state index contributed by atoms with van der Waals surface area (Å²) in [4.78, 5) is 0. The molecule has 0 fully saturated rings. The molecule has 2 rings (SSSR count). The Balaban J connectivity index is 2.02. The van der Waals surface area contributed by atoms with Gasteiger partial charge in [0.05, 0.1) is 0 Å². The molecular formula is C12H14ClNS. The van der Waals surface area contributed by atoms with Crippen LogP contribution in [0.15, 0.2) is 29.6 Å². The molecule has 0 saturated heterocycles. The Bertz CT molecular complexity index is 424. The highest BCUT2D eigenvalue weighted by atomic mass is 35.5. The van der Waals surface area contributed by atoms with Gasteiger partial charge in [0.15, 0.2) is 0 Å². The average Bonchev–Trinajstić information content (AvgIpc) is 2.68. The molecule has 3 heteroatoms. The first-order chi connectivity index (χ1) is 7.42. The summed E-state index contributed by atoms with van der Waals surface area (Å²) < 4.78 is 1.37. The van der Waals surface area contributed by atoms with Gasteiger partial charge in [-0.1, -0.05) is 18.2 Å². The van der Waals surface area contributed by atoms with E-state index in [1.165, 1.54) is 15.6 Å². The van der Waals surface area contributed by atoms with E-state index in [4.69, 9.17) is 11.6 Å². The molecule has 1 aromatic heterocycles. The maximum absolute atomic E-state index is 5.62. The second-order valence-electron chi connectivity index (χ2n) is 3.48. The minimum atomic E-state index is 0.734. The predicted octanol–water partition coefficient (Wildman–Crippen LogP) is 3.62. The first-order valence-electron chi connectivity index (χ1n) is 5.13. The Kier molecular flexibility index (Phi) is 4.01. The van der Waals surface area contributed by atoms with Gasteiger partial charge in [0.25, 0.3) is 0 Å². The van der Waals surface area contributed by atoms with Gasteiger partial charge in [0.1, 0.15) is 0 Å². The Hall–Kier alpha value is -0.570. The number of nitrogens with one attached hydrogen (secondary N) is 1. The minimum absolute atomic E-state index is 0.734. The number of benzene rings is 1. The van der Waals surface area contributed by atoms with Crippen molar-refractivity contribution in [3.8, 4) is 0 Å². The van der Waals surface area contributed by atoms with Crippen LogP contribution in [0.25, 0.3) is 10.1 Å². The minimum Gasteiger partial charge on any atom is -0.313 e. The smallest absolute Gasteiger partial charge is 0.0346 e. The molecule has 80 valence electrons. The van der Waals surface area contributed by atoms with E-state index >= 15 is 0 Å². The zero-order valence-corrected chi connectivity index (χ0v) is 10.1. The molecule has 1 N–H and O–H groups in total. The number of halogens is 1. The van der Waals surface area contributed by atoms with Gasteiger partial charge in [-0.05, 0) is 35.4 Å². The highest BCUT2D eigenvalue weighted by Crippen LogP contribution is 2.25. The first kappa shape index (κ1) is 10.9. The summed E-state index contributed by atoms with van der Waals surface area (Å²) in [6, 6.07) is 8.54. The molecule has 1 heterocycles. The lowest BCUT2D eigenvalue weighted by Gasteiger charge is -2.01. The van der Waals surface area contributed by atoms with Crippen LogP contribution in [-0.2, 0) is 6.54 Å². The maximum Gasteiger partial charge on any atom is 0.0346 e. The topological polar surface area (TPSA) is 12.0 Å². The normalized spacial score (nSPS) is 11.0. The van der Waals surface area contributed by atoms with E-state index in [-0.39, 0.29) is 0 Å². The van der Waals surface area contributed by atoms with E-state index in [0.717, 1.165) is 25.4 Å². The summed E-state index contributed by atoms with van der Waals surface area (Å²) in [5.74, 6) is 0.734. The second-order valence-corrected chi connectivity index (χ2v) is 4.77. The van der Waals surface area contributed by atoms with E-state index in [1.54, 1.807) is 0 Å². The molecular weight excluding hydrogens is 226 g/mol. The molecule has 0 bridgehead atoms. The van der Waals surface area contributed by atoms with Gasteiger partial charge in [-0.25, -0.2) is 0 Å². The van der Waals surface area contributed by atoms with Gasteiger partial charge < -0.3 is 5.32 Å². The van der Waals surface area contributed by atoms with Crippen LogP contribution in [0.2, 0.25) is 0 Å². The summed E-state index contributed by atoms with van der Waals surface area (Å²) >= 11 is 7.43. The molecule has 0 atom stereocenters. The van der Waals surface area contributed by atoms with Crippen molar-refractivity contribution in [2.24, 2.45) is 0 Å². The molecule has 2 aromatic rings. The average molecular weight is 240 g/mol. The van der Waals surface area contributed by atoms with E-state index in [9.17, 15) is 0 Å². The van der Waals surface area contributed by atoms with Crippen molar-refractivity contribution >= 4 is 33.0 Å². The van der Waals surface area contributed by atoms with Gasteiger partial charge >= 0.3 is 0 Å². The van der Waals surface area contributed by atoms with Gasteiger partial charge in [-0.15, -0.1) is 22.9 Å². The molecule has 0 aliphatic heterocycles. The van der Waals surface area contributed by atoms with Crippen LogP contribution < -0.4 is 5.32 Å². The fraction of sp³-hybridized carbons (Fsp3) is 0.333. The second kappa shape index (κ2) is 5.50. The van der Waals surface area contributed by atoms with Crippen LogP contribution in [0.4, 0.5) is 0 Å². The van der Waals surface area contributed by atoms with E-state index < -0.39 is 0 Å². The van der Waals surface area contributed by atoms with Gasteiger partial charge in [0, 0.05) is 17.1 Å². The number of hydrogen-bond acceptors (Lipinski definition) is 2. The van der Waals surface area contributed by atoms with Crippen LogP contribution in [0.1, 0.15) is 12.0 Å². The summed E-state index contributed by atoms with van der Waals surface area (Å²) in [6.07, 6.45) is 1.03. The summed E-state index contributed by atoms with van der Waals surface area (Å²) in [6.45, 7) is 1.94. The molecule has 0 aliphatic carbocycles. The molecule has 15 heavy (non-hydrogen) atoms. The fourth-order valence-electron chi connectivity index (χ4n) is 1.58. The van der Waals surface area contributed by atoms with Crippen LogP contribution >= 0.6 is 22.9 Å². The van der Waals surface area contributed by atoms with Crippen molar-refractivity contribution in [3.63, 3.8) is 0 Å². The third kappa shape index (κ3) is 2.71. The van der Waals surface area contributed by atoms with Crippen molar-refractivity contribution in [3.05, 3.63) is 35.2 Å². The van der Waals surface area contributed by atoms with Crippen LogP contribution in [0.5, 0.6) is 0 Å². The third-order valence-corrected chi connectivity index (χ3v) is 3.64. The summed E-state index contributed by atoms with van der Waals surface area (Å²) in [7, 11) is 0. The summed E-state index contributed by atoms with van der Waals surface area (Å²) in [5, 5.41) is 7.01. The van der Waals surface area contributed by atoms with Crippen LogP contribution in [0.3, 0.4) is 0 Å². The van der Waals surface area contributed by atoms with E-state index in [2.05, 4.69) is 35.0 Å². The Labute approximate surface area is 99.1 Å². The van der Waals surface area contributed by atoms with Gasteiger partial charge in [-0.3, -0.25) is 0 Å². The van der Waals surface area contributed by atoms with Gasteiger partial charge in [0.2, 0.25) is 0 Å². The lowest BCUT2D eigenvalue weighted by molar-refractivity contribution is 0.681. The predicted molar refractivity (Wildman–Crippen MR) is 68.9 cm³/mol. The van der Waals surface area contributed by atoms with Crippen molar-refractivity contribution in [2.45, 2.75) is 13.0 Å². The standard InChI is InChI=1S/C12H14ClNS/c13-6-3-7-14-8-10-9-15-12-5-2-1-4-11(10)12/h1-2,4-5,9,14H,3,6-8H2. The molecule has 1 aromatic carbocycles. The molecule has 0 spiro atoms. The molecule has 0 radical (unpaired) electrons. The van der Waals surface area contributed by atoms with Crippen LogP contribution in [0, 0.1) is 0 Å². The zero-order chi connectivity index (χ0) is 10.5. The number of alkyl halides is 1. The SMILES string of the molecule is ClCCCNCc1csc2ccccc12. The van der Waals surface area contributed by atoms with Gasteiger partial charge in [-0.2, -0.15) is 0 Å². The molecule has 0 aliphatic rings. The highest BCUT2D eigenvalue weighted by molar-refractivity contribution is 7.17. The quantitative estimate of drug-likeness (QED) is 0.621. The number of rotatable bonds is 5. The first-order valence-corrected chi connectivity index (χ1v) is 6.55. The Morgan fingerprint density at radius 2 is 2.13 bits per heavy atom. The van der Waals surface area contributed by atoms with Crippen molar-refractivity contribution < 1.29 is 0 Å². The van der Waals surface area contributed by atoms with E-state index in [0.29, 0.717) is 0 Å². The van der Waals surface area contributed by atoms with Crippen molar-refractivity contribution in [2.75, 3.05) is 12.4 Å². The van der Waals surface area contributed by atoms with E-state index in [1.807, 2.05) is 11.3 Å². The third-order valence-electron chi connectivity index (χ3n) is 2.36.